The third-order valence-electron chi connectivity index (χ3n) is 24.1. The summed E-state index contributed by atoms with van der Waals surface area (Å²) in [6, 6.07) is 0.113. The molecule has 0 spiro atoms. The van der Waals surface area contributed by atoms with Crippen LogP contribution in [0.25, 0.3) is 0 Å². The molecule has 4 amide bonds. The highest BCUT2D eigenvalue weighted by Crippen LogP contribution is 2.45. The molecule has 0 aromatic carbocycles. The molecule has 1 aliphatic heterocycles. The minimum absolute atomic E-state index is 0.00764. The lowest BCUT2D eigenvalue weighted by Crippen LogP contribution is -2.44. The second kappa shape index (κ2) is 48.8. The monoisotopic (exact) mass is 1710 g/mol. The fourth-order valence-electron chi connectivity index (χ4n) is 15.7. The highest BCUT2D eigenvalue weighted by atomic mass is 19.4. The number of likely N-dealkylation sites (tertiary alicyclic amines) is 1. The first-order valence-corrected chi connectivity index (χ1v) is 45.0. The molecule has 1 heterocycles. The fourth-order valence-corrected chi connectivity index (χ4v) is 15.7. The van der Waals surface area contributed by atoms with E-state index in [0.29, 0.717) is 11.1 Å². The second-order valence-electron chi connectivity index (χ2n) is 42.4. The van der Waals surface area contributed by atoms with Crippen molar-refractivity contribution in [3.05, 3.63) is 259 Å². The van der Waals surface area contributed by atoms with Crippen molar-refractivity contribution in [1.82, 2.24) is 19.6 Å². The predicted octanol–water partition coefficient (Wildman–Crippen LogP) is 29.4. The van der Waals surface area contributed by atoms with E-state index in [0.717, 1.165) is 47.8 Å². The molecule has 124 heavy (non-hydrogen) atoms. The quantitative estimate of drug-likeness (QED) is 0.0369. The Hall–Kier alpha value is -8.71. The second-order valence-corrected chi connectivity index (χ2v) is 42.4. The molecule has 5 aliphatic rings. The molecular weight excluding hydrogens is 1540 g/mol. The van der Waals surface area contributed by atoms with Gasteiger partial charge in [0.05, 0.1) is 25.7 Å². The molecule has 4 aliphatic carbocycles. The van der Waals surface area contributed by atoms with E-state index in [-0.39, 0.29) is 80.4 Å². The van der Waals surface area contributed by atoms with Crippen molar-refractivity contribution < 1.29 is 41.9 Å². The molecule has 1 saturated heterocycles. The largest absolute Gasteiger partial charge is 0.487 e. The van der Waals surface area contributed by atoms with Crippen molar-refractivity contribution in [1.29, 1.82) is 0 Å². The third kappa shape index (κ3) is 39.4. The van der Waals surface area contributed by atoms with E-state index in [1.165, 1.54) is 147 Å². The molecular formula is C111H165F3N4O6. The average Bonchev–Trinajstić information content (AvgIpc) is 1.60. The summed E-state index contributed by atoms with van der Waals surface area (Å²) in [6.07, 6.45) is 57.7. The zero-order valence-electron chi connectivity index (χ0n) is 83.7. The molecule has 0 radical (unpaired) electrons. The summed E-state index contributed by atoms with van der Waals surface area (Å²) >= 11 is 0. The van der Waals surface area contributed by atoms with E-state index in [9.17, 15) is 41.9 Å². The van der Waals surface area contributed by atoms with Gasteiger partial charge in [-0.15, -0.1) is 13.2 Å². The summed E-state index contributed by atoms with van der Waals surface area (Å²) in [5, 5.41) is 0. The van der Waals surface area contributed by atoms with Crippen LogP contribution in [0.15, 0.2) is 259 Å². The van der Waals surface area contributed by atoms with E-state index in [4.69, 9.17) is 0 Å². The number of carbonyl (C=O) groups is 6. The molecule has 13 heteroatoms. The molecule has 0 aromatic heterocycles. The van der Waals surface area contributed by atoms with E-state index in [1.54, 1.807) is 72.2 Å². The minimum atomic E-state index is -4.77. The maximum atomic E-state index is 13.4. The molecule has 1 unspecified atom stereocenters. The van der Waals surface area contributed by atoms with Gasteiger partial charge in [-0.25, -0.2) is 4.90 Å². The van der Waals surface area contributed by atoms with Crippen LogP contribution in [0, 0.1) is 43.3 Å². The number of halogens is 3. The topological polar surface area (TPSA) is 115 Å². The van der Waals surface area contributed by atoms with Gasteiger partial charge in [-0.05, 0) is 244 Å². The molecule has 686 valence electrons. The van der Waals surface area contributed by atoms with Crippen molar-refractivity contribution in [2.45, 2.75) is 317 Å². The Bertz CT molecular complexity index is 4330. The lowest BCUT2D eigenvalue weighted by atomic mass is 9.72. The Balaban J connectivity index is 0.000000560. The average molecular weight is 1710 g/mol. The van der Waals surface area contributed by atoms with Gasteiger partial charge in [0.1, 0.15) is 0 Å². The van der Waals surface area contributed by atoms with Crippen LogP contribution in [0.1, 0.15) is 305 Å². The summed E-state index contributed by atoms with van der Waals surface area (Å²) in [5.41, 5.74) is 20.4. The predicted molar refractivity (Wildman–Crippen MR) is 524 cm³/mol. The van der Waals surface area contributed by atoms with Gasteiger partial charge in [0, 0.05) is 55.8 Å². The Kier molecular flexibility index (Phi) is 43.9. The minimum Gasteiger partial charge on any atom is -0.335 e. The highest BCUT2D eigenvalue weighted by Gasteiger charge is 2.42. The number of alkyl halides is 3. The van der Waals surface area contributed by atoms with Crippen LogP contribution in [0.4, 0.5) is 13.2 Å². The van der Waals surface area contributed by atoms with Gasteiger partial charge in [0.15, 0.2) is 11.6 Å². The number of amides is 4. The number of rotatable bonds is 26. The first kappa shape index (κ1) is 111. The molecule has 1 atom stereocenters. The van der Waals surface area contributed by atoms with Gasteiger partial charge >= 0.3 is 6.30 Å². The molecule has 0 aromatic rings. The Morgan fingerprint density at radius 2 is 0.661 bits per heavy atom. The number of hydrogen-bond acceptors (Lipinski definition) is 6. The summed E-state index contributed by atoms with van der Waals surface area (Å²) in [6.45, 7) is 74.6. The van der Waals surface area contributed by atoms with Crippen molar-refractivity contribution in [2.75, 3.05) is 40.3 Å². The van der Waals surface area contributed by atoms with E-state index in [1.807, 2.05) is 117 Å². The van der Waals surface area contributed by atoms with Crippen LogP contribution in [-0.2, 0) is 28.8 Å². The fraction of sp³-hybridized carbons (Fsp3) is 0.550. The summed E-state index contributed by atoms with van der Waals surface area (Å²) < 4.78 is 40.3. The molecule has 0 bridgehead atoms. The maximum absolute atomic E-state index is 13.4. The van der Waals surface area contributed by atoms with Crippen LogP contribution in [0.3, 0.4) is 0 Å². The summed E-state index contributed by atoms with van der Waals surface area (Å²) in [5.74, 6) is -1.22. The van der Waals surface area contributed by atoms with Crippen molar-refractivity contribution >= 4 is 35.2 Å². The number of likely N-dealkylation sites (N-methyl/N-ethyl adjacent to an activating group) is 2. The standard InChI is InChI=1S/C29H43NO.C28H40F3NO.2C27H41NO2/c1-21(15-16-25-23(3)14-11-18-29(25,8)9)12-10-13-22(2)20-26(31)30-19-17-24(4)27(30)28(5,6)7;1-20(15-16-24-22(3)14-11-17-27(24,8)9)12-10-13-21(2)18-25(33)32(28(29,30)31)19-23(4)26(5,6)7;2*1-20(15-16-23-22(3)14-11-17-27(23,7)8)12-10-13-21(2)18-25(30)28(9)19-24(29)26(4,5)6/h10,12-13,15-16,20,27H,4,11,14,17-19H2,1-3,5-9H3;10,12-13,15-16,18H,4,11,14,17,19H2,1-3,5-9H3;2*10,12-13,15-16,18H,11,14,17,19H2,1-9H3/b13-10+,16-15+,21-12-,22-20+;3*13-10+,16-15+,20-12-,21-18+. The van der Waals surface area contributed by atoms with Crippen LogP contribution >= 0.6 is 0 Å². The third-order valence-corrected chi connectivity index (χ3v) is 24.1. The SMILES string of the molecule is C=C(CN(C(=O)/C=C(C)/C=C/C=C(C)\C=C\C1=C(C)CCCC1(C)C)C(F)(F)F)C(C)(C)C.C=C1CCN(C(=O)/C=C(C)/C=C/C=C(C)\C=C\C2=C(C)CCCC2(C)C)C1C(C)(C)C.CC1=C(/C=C/C(C)=C\C=C\C(C)=C\C(=O)N(C)CC(=O)C(C)(C)C)C(C)(C)CCC1.CC1=C(/C=C/C(C)=C\C=C\C(C)=C\C(=O)N(C)CC(=O)C(C)(C)C)C(C)(C)CCC1. The number of nitrogens with zero attached hydrogens (tertiary/aromatic N) is 4. The van der Waals surface area contributed by atoms with E-state index < -0.39 is 35.0 Å². The van der Waals surface area contributed by atoms with Crippen LogP contribution < -0.4 is 0 Å². The summed E-state index contributed by atoms with van der Waals surface area (Å²) in [7, 11) is 3.33. The highest BCUT2D eigenvalue weighted by molar-refractivity contribution is 5.95. The number of carbonyl (C=O) groups excluding carboxylic acids is 6. The number of hydrogen-bond donors (Lipinski definition) is 0. The lowest BCUT2D eigenvalue weighted by molar-refractivity contribution is -0.236. The normalized spacial score (nSPS) is 19.7. The van der Waals surface area contributed by atoms with Gasteiger partial charge < -0.3 is 14.7 Å². The zero-order valence-corrected chi connectivity index (χ0v) is 83.7. The Labute approximate surface area is 752 Å². The van der Waals surface area contributed by atoms with Gasteiger partial charge in [0.2, 0.25) is 17.7 Å². The molecule has 0 N–H and O–H groups in total. The number of ketones is 2. The van der Waals surface area contributed by atoms with E-state index in [2.05, 4.69) is 205 Å². The Morgan fingerprint density at radius 1 is 0.395 bits per heavy atom. The molecule has 0 saturated carbocycles. The molecule has 1 fully saturated rings. The smallest absolute Gasteiger partial charge is 0.335 e. The van der Waals surface area contributed by atoms with Crippen LogP contribution in [0.2, 0.25) is 0 Å². The summed E-state index contributed by atoms with van der Waals surface area (Å²) in [4.78, 5) is 78.9. The van der Waals surface area contributed by atoms with Gasteiger partial charge in [0.25, 0.3) is 5.91 Å². The van der Waals surface area contributed by atoms with Crippen LogP contribution in [0.5, 0.6) is 0 Å². The molecule has 10 nitrogen and oxygen atoms in total. The van der Waals surface area contributed by atoms with E-state index >= 15 is 0 Å². The zero-order chi connectivity index (χ0) is 95.2. The molecule has 5 rings (SSSR count). The first-order chi connectivity index (χ1) is 56.7. The maximum Gasteiger partial charge on any atom is 0.487 e. The lowest BCUT2D eigenvalue weighted by Gasteiger charge is -2.35. The number of allylic oxidation sites excluding steroid dienone is 36. The first-order valence-electron chi connectivity index (χ1n) is 45.0. The van der Waals surface area contributed by atoms with Gasteiger partial charge in [-0.3, -0.25) is 28.8 Å². The Morgan fingerprint density at radius 3 is 0.903 bits per heavy atom. The van der Waals surface area contributed by atoms with Gasteiger partial charge in [-0.1, -0.05) is 329 Å². The van der Waals surface area contributed by atoms with Crippen molar-refractivity contribution in [3.8, 4) is 0 Å². The van der Waals surface area contributed by atoms with Gasteiger partial charge in [-0.2, -0.15) is 0 Å². The number of Topliss-reactive ketones (excluding diaryl/α,β-unsaturated/α-hetero) is 2. The van der Waals surface area contributed by atoms with Crippen molar-refractivity contribution in [2.24, 2.45) is 43.3 Å². The van der Waals surface area contributed by atoms with Crippen molar-refractivity contribution in [3.63, 3.8) is 0 Å². The van der Waals surface area contributed by atoms with Crippen LogP contribution in [-0.4, -0.2) is 107 Å².